The number of anilines is 4. The topological polar surface area (TPSA) is 253 Å². The Balaban J connectivity index is 0.629. The fourth-order valence-electron chi connectivity index (χ4n) is 8.27. The third-order valence-corrected chi connectivity index (χ3v) is 12.0. The quantitative estimate of drug-likeness (QED) is 0.0436. The van der Waals surface area contributed by atoms with Crippen LogP contribution in [0, 0.1) is 5.92 Å². The summed E-state index contributed by atoms with van der Waals surface area (Å²) in [5.74, 6) is -1.29. The molecule has 0 spiro atoms. The van der Waals surface area contributed by atoms with Crippen molar-refractivity contribution in [3.05, 3.63) is 77.7 Å². The van der Waals surface area contributed by atoms with Gasteiger partial charge in [-0.1, -0.05) is 6.07 Å². The molecule has 3 aromatic heterocycles. The molecule has 4 aromatic rings. The van der Waals surface area contributed by atoms with Crippen LogP contribution in [0.1, 0.15) is 82.4 Å². The van der Waals surface area contributed by atoms with Crippen LogP contribution in [0.4, 0.5) is 23.0 Å². The van der Waals surface area contributed by atoms with Crippen LogP contribution < -0.4 is 31.9 Å². The minimum absolute atomic E-state index is 0.00331. The number of benzene rings is 1. The van der Waals surface area contributed by atoms with Crippen LogP contribution in [0.2, 0.25) is 0 Å². The number of hydrogen-bond donors (Lipinski definition) is 6. The fraction of sp³-hybridized carbons (Fsp3) is 0.468. The molecule has 0 bridgehead atoms. The molecule has 5 heterocycles. The molecule has 2 saturated carbocycles. The minimum atomic E-state index is -1.02. The van der Waals surface area contributed by atoms with Crippen molar-refractivity contribution in [1.82, 2.24) is 35.8 Å². The number of ether oxygens (including phenoxy) is 4. The summed E-state index contributed by atoms with van der Waals surface area (Å²) in [5, 5.41) is 19.2. The molecule has 4 aliphatic rings. The van der Waals surface area contributed by atoms with Gasteiger partial charge in [-0.15, -0.1) is 0 Å². The van der Waals surface area contributed by atoms with Gasteiger partial charge in [0.1, 0.15) is 17.7 Å². The zero-order chi connectivity index (χ0) is 46.5. The molecule has 20 heteroatoms. The zero-order valence-electron chi connectivity index (χ0n) is 37.2. The fourth-order valence-corrected chi connectivity index (χ4v) is 8.27. The highest BCUT2D eigenvalue weighted by Gasteiger charge is 2.45. The van der Waals surface area contributed by atoms with Gasteiger partial charge in [0.25, 0.3) is 17.7 Å². The summed E-state index contributed by atoms with van der Waals surface area (Å²) >= 11 is 0. The summed E-state index contributed by atoms with van der Waals surface area (Å²) in [6, 6.07) is 11.7. The first kappa shape index (κ1) is 46.9. The number of nitrogens with zero attached hydrogens (tertiary/aromatic N) is 4. The monoisotopic (exact) mass is 920 g/mol. The third kappa shape index (κ3) is 12.4. The first-order chi connectivity index (χ1) is 32.7. The van der Waals surface area contributed by atoms with Crippen molar-refractivity contribution < 1.29 is 47.7 Å². The predicted molar refractivity (Wildman–Crippen MR) is 245 cm³/mol. The van der Waals surface area contributed by atoms with Gasteiger partial charge >= 0.3 is 0 Å². The zero-order valence-corrected chi connectivity index (χ0v) is 37.2. The van der Waals surface area contributed by atoms with Gasteiger partial charge < -0.3 is 45.5 Å². The number of aromatic nitrogens is 3. The highest BCUT2D eigenvalue weighted by atomic mass is 16.6. The van der Waals surface area contributed by atoms with E-state index in [0.29, 0.717) is 121 Å². The number of rotatable bonds is 24. The van der Waals surface area contributed by atoms with Crippen molar-refractivity contribution >= 4 is 69.4 Å². The third-order valence-electron chi connectivity index (χ3n) is 12.0. The second kappa shape index (κ2) is 22.7. The standard InChI is InChI=1S/C47H56N10O10/c58-41-13-11-38(45(61)56-41)57-46(62)33-2-1-3-36(42(33)47(57)63)49-16-18-64-20-22-66-24-25-67-23-21-65-19-17-50-43(59)29-4-7-32(8-5-29)53-44(60)34-28-51-40(26-37(34)52-31-9-10-31)55-39-12-6-30-27-48-15-14-35(30)54-39/h1-3,6,12,14-15,26-29,31-32,38,49H,4-5,7-11,13,16-25H2,(H,50,59)(H,53,60)(H,56,58,61)(H2,51,52,54,55)/t29-,32-,38?. The lowest BCUT2D eigenvalue weighted by atomic mass is 9.85. The second-order valence-electron chi connectivity index (χ2n) is 16.8. The average molecular weight is 921 g/mol. The Morgan fingerprint density at radius 2 is 1.45 bits per heavy atom. The van der Waals surface area contributed by atoms with E-state index in [-0.39, 0.29) is 47.7 Å². The molecular formula is C47H56N10O10. The molecule has 1 aromatic carbocycles. The molecule has 3 fully saturated rings. The molecular weight excluding hydrogens is 865 g/mol. The molecule has 1 unspecified atom stereocenters. The number of pyridine rings is 3. The van der Waals surface area contributed by atoms with Crippen LogP contribution in [0.15, 0.2) is 61.1 Å². The van der Waals surface area contributed by atoms with Crippen molar-refractivity contribution in [2.75, 3.05) is 81.9 Å². The van der Waals surface area contributed by atoms with Gasteiger partial charge in [-0.2, -0.15) is 0 Å². The number of piperidine rings is 1. The van der Waals surface area contributed by atoms with Gasteiger partial charge in [0.15, 0.2) is 0 Å². The number of carbonyl (C=O) groups excluding carboxylic acids is 6. The molecule has 2 aliphatic carbocycles. The van der Waals surface area contributed by atoms with Crippen molar-refractivity contribution in [2.24, 2.45) is 5.92 Å². The number of imide groups is 2. The maximum Gasteiger partial charge on any atom is 0.264 e. The van der Waals surface area contributed by atoms with E-state index in [9.17, 15) is 28.8 Å². The SMILES string of the molecule is O=C1CCC(N2C(=O)c3cccc(NCCOCCOCCOCCOCCNC(=O)[C@H]4CC[C@H](NC(=O)c5cnc(Nc6ccc7cnccc7n6)cc5NC5CC5)CC4)c3C2=O)C(=O)N1. The Kier molecular flexibility index (Phi) is 15.9. The molecule has 0 radical (unpaired) electrons. The van der Waals surface area contributed by atoms with Gasteiger partial charge in [0, 0.05) is 73.2 Å². The lowest BCUT2D eigenvalue weighted by Gasteiger charge is -2.28. The van der Waals surface area contributed by atoms with E-state index < -0.39 is 29.7 Å². The molecule has 20 nitrogen and oxygen atoms in total. The lowest BCUT2D eigenvalue weighted by molar-refractivity contribution is -0.136. The highest BCUT2D eigenvalue weighted by molar-refractivity contribution is 6.25. The summed E-state index contributed by atoms with van der Waals surface area (Å²) < 4.78 is 22.4. The second-order valence-corrected chi connectivity index (χ2v) is 16.8. The van der Waals surface area contributed by atoms with Crippen molar-refractivity contribution in [3.8, 4) is 0 Å². The number of hydrogen-bond acceptors (Lipinski definition) is 16. The maximum absolute atomic E-state index is 13.5. The summed E-state index contributed by atoms with van der Waals surface area (Å²) in [7, 11) is 0. The van der Waals surface area contributed by atoms with Crippen LogP contribution in [0.3, 0.4) is 0 Å². The van der Waals surface area contributed by atoms with Crippen LogP contribution in [-0.2, 0) is 33.3 Å². The number of carbonyl (C=O) groups is 6. The predicted octanol–water partition coefficient (Wildman–Crippen LogP) is 3.33. The van der Waals surface area contributed by atoms with E-state index in [0.717, 1.165) is 34.3 Å². The molecule has 67 heavy (non-hydrogen) atoms. The number of fused-ring (bicyclic) bond motifs is 2. The largest absolute Gasteiger partial charge is 0.382 e. The maximum atomic E-state index is 13.5. The Morgan fingerprint density at radius 3 is 2.18 bits per heavy atom. The first-order valence-corrected chi connectivity index (χ1v) is 22.9. The Labute approximate surface area is 387 Å². The smallest absolute Gasteiger partial charge is 0.264 e. The molecule has 354 valence electrons. The molecule has 8 rings (SSSR count). The molecule has 1 saturated heterocycles. The molecule has 6 N–H and O–H groups in total. The van der Waals surface area contributed by atoms with Crippen LogP contribution in [0.5, 0.6) is 0 Å². The summed E-state index contributed by atoms with van der Waals surface area (Å²) in [6.45, 7) is 3.67. The lowest BCUT2D eigenvalue weighted by Crippen LogP contribution is -2.54. The molecule has 6 amide bonds. The minimum Gasteiger partial charge on any atom is -0.382 e. The Bertz CT molecular complexity index is 2440. The van der Waals surface area contributed by atoms with Crippen molar-refractivity contribution in [1.29, 1.82) is 0 Å². The van der Waals surface area contributed by atoms with Gasteiger partial charge in [0.2, 0.25) is 17.7 Å². The normalized spacial score (nSPS) is 19.2. The Hall–Kier alpha value is -6.61. The summed E-state index contributed by atoms with van der Waals surface area (Å²) in [6.07, 6.45) is 10.1. The average Bonchev–Trinajstić information content (AvgIpc) is 4.11. The molecule has 2 aliphatic heterocycles. The van der Waals surface area contributed by atoms with E-state index in [2.05, 4.69) is 46.9 Å². The van der Waals surface area contributed by atoms with Gasteiger partial charge in [-0.25, -0.2) is 9.97 Å². The van der Waals surface area contributed by atoms with Gasteiger partial charge in [-0.05, 0) is 75.3 Å². The van der Waals surface area contributed by atoms with E-state index in [1.807, 2.05) is 24.3 Å². The first-order valence-electron chi connectivity index (χ1n) is 22.9. The summed E-state index contributed by atoms with van der Waals surface area (Å²) in [4.78, 5) is 90.8. The summed E-state index contributed by atoms with van der Waals surface area (Å²) in [5.41, 5.74) is 2.90. The molecule has 1 atom stereocenters. The van der Waals surface area contributed by atoms with Crippen molar-refractivity contribution in [3.63, 3.8) is 0 Å². The van der Waals surface area contributed by atoms with Crippen molar-refractivity contribution in [2.45, 2.75) is 69.5 Å². The Morgan fingerprint density at radius 1 is 0.731 bits per heavy atom. The van der Waals surface area contributed by atoms with E-state index in [4.69, 9.17) is 18.9 Å². The van der Waals surface area contributed by atoms with E-state index in [1.165, 1.54) is 0 Å². The van der Waals surface area contributed by atoms with E-state index >= 15 is 0 Å². The van der Waals surface area contributed by atoms with Crippen LogP contribution >= 0.6 is 0 Å². The highest BCUT2D eigenvalue weighted by Crippen LogP contribution is 2.33. The van der Waals surface area contributed by atoms with Crippen LogP contribution in [-0.4, -0.2) is 139 Å². The van der Waals surface area contributed by atoms with Gasteiger partial charge in [-0.3, -0.25) is 44.0 Å². The van der Waals surface area contributed by atoms with E-state index in [1.54, 1.807) is 36.8 Å². The number of amides is 6. The van der Waals surface area contributed by atoms with Crippen LogP contribution in [0.25, 0.3) is 10.9 Å². The number of nitrogens with one attached hydrogen (secondary N) is 6. The van der Waals surface area contributed by atoms with Gasteiger partial charge in [0.05, 0.1) is 80.7 Å².